The molecule has 0 aromatic carbocycles. The van der Waals surface area contributed by atoms with Crippen molar-refractivity contribution in [1.29, 1.82) is 0 Å². The molecule has 0 nitrogen and oxygen atoms in total. The molecule has 0 bridgehead atoms. The molecule has 0 fully saturated rings. The van der Waals surface area contributed by atoms with Crippen molar-refractivity contribution in [2.45, 2.75) is 38.5 Å². The third-order valence-electron chi connectivity index (χ3n) is 2.04. The molecule has 1 aliphatic rings. The van der Waals surface area contributed by atoms with Crippen LogP contribution in [0.15, 0.2) is 23.5 Å². The molecule has 0 aliphatic heterocycles. The highest BCUT2D eigenvalue weighted by Gasteiger charge is 2.22. The van der Waals surface area contributed by atoms with Gasteiger partial charge in [-0.1, -0.05) is 54.5 Å². The van der Waals surface area contributed by atoms with Crippen LogP contribution in [0.2, 0.25) is 0 Å². The third kappa shape index (κ3) is 3.53. The normalized spacial score (nSPS) is 25.6. The number of allylic oxidation sites excluding steroid dienone is 4. The van der Waals surface area contributed by atoms with Crippen molar-refractivity contribution in [3.8, 4) is 0 Å². The second kappa shape index (κ2) is 4.24. The maximum atomic E-state index is 2.91. The largest absolute Gasteiger partial charge is 0.134 e. The van der Waals surface area contributed by atoms with E-state index in [1.54, 1.807) is 5.31 Å². The summed E-state index contributed by atoms with van der Waals surface area (Å²) in [4.78, 5) is 0. The van der Waals surface area contributed by atoms with Crippen LogP contribution in [0.3, 0.4) is 0 Å². The second-order valence-corrected chi connectivity index (χ2v) is 8.15. The second-order valence-electron chi connectivity index (χ2n) is 4.77. The molecule has 0 amide bonds. The Kier molecular flexibility index (Phi) is 3.73. The fourth-order valence-electron chi connectivity index (χ4n) is 1.51. The van der Waals surface area contributed by atoms with Crippen LogP contribution in [0.4, 0.5) is 0 Å². The first-order valence-electron chi connectivity index (χ1n) is 4.82. The zero-order chi connectivity index (χ0) is 10.1. The summed E-state index contributed by atoms with van der Waals surface area (Å²) in [6, 6.07) is 0. The fourth-order valence-corrected chi connectivity index (χ4v) is 3.61. The molecule has 1 aliphatic carbocycles. The van der Waals surface area contributed by atoms with Crippen LogP contribution in [-0.4, -0.2) is 10.8 Å². The first-order valence-corrected chi connectivity index (χ1v) is 6.49. The van der Waals surface area contributed by atoms with Crippen molar-refractivity contribution in [1.82, 2.24) is 0 Å². The molecule has 0 radical (unpaired) electrons. The minimum Gasteiger partial charge on any atom is -0.134 e. The van der Waals surface area contributed by atoms with Gasteiger partial charge >= 0.3 is 0 Å². The molecule has 0 saturated heterocycles. The molecule has 74 valence electrons. The molecule has 0 N–H and O–H groups in total. The molecule has 0 heterocycles. The Hall–Kier alpha value is 0.340. The molecule has 1 rings (SSSR count). The van der Waals surface area contributed by atoms with Crippen LogP contribution in [0.1, 0.15) is 27.7 Å². The van der Waals surface area contributed by atoms with E-state index in [-0.39, 0.29) is 0 Å². The predicted octanol–water partition coefficient (Wildman–Crippen LogP) is 3.80. The number of hydrogen-bond acceptors (Lipinski definition) is 0. The van der Waals surface area contributed by atoms with Crippen molar-refractivity contribution in [3.63, 3.8) is 0 Å². The van der Waals surface area contributed by atoms with Gasteiger partial charge in [0.25, 0.3) is 0 Å². The Morgan fingerprint density at radius 3 is 2.54 bits per heavy atom. The predicted molar refractivity (Wildman–Crippen MR) is 68.0 cm³/mol. The Bertz CT molecular complexity index is 231. The summed E-state index contributed by atoms with van der Waals surface area (Å²) in [6.45, 7) is 9.21. The van der Waals surface area contributed by atoms with Crippen molar-refractivity contribution in [2.75, 3.05) is 0 Å². The van der Waals surface area contributed by atoms with E-state index < -0.39 is 0 Å². The van der Waals surface area contributed by atoms with Gasteiger partial charge in [0.05, 0.1) is 0 Å². The summed E-state index contributed by atoms with van der Waals surface area (Å²) in [6.07, 6.45) is 6.83. The van der Waals surface area contributed by atoms with Gasteiger partial charge in [0.2, 0.25) is 0 Å². The lowest BCUT2D eigenvalue weighted by Crippen LogP contribution is -2.12. The average molecular weight is 214 g/mol. The highest BCUT2D eigenvalue weighted by molar-refractivity contribution is 7.45. The van der Waals surface area contributed by atoms with E-state index in [2.05, 4.69) is 55.2 Å². The van der Waals surface area contributed by atoms with Crippen LogP contribution in [0, 0.1) is 5.92 Å². The number of rotatable bonds is 2. The molecule has 13 heavy (non-hydrogen) atoms. The van der Waals surface area contributed by atoms with Crippen LogP contribution in [0.25, 0.3) is 0 Å². The smallest absolute Gasteiger partial charge is 0.00832 e. The molecular weight excluding hydrogens is 194 g/mol. The van der Waals surface area contributed by atoms with Crippen molar-refractivity contribution < 1.29 is 0 Å². The first-order chi connectivity index (χ1) is 5.90. The lowest BCUT2D eigenvalue weighted by Gasteiger charge is -2.25. The Morgan fingerprint density at radius 1 is 1.46 bits per heavy atom. The summed E-state index contributed by atoms with van der Waals surface area (Å²) in [5.74, 6) is 0.669. The van der Waals surface area contributed by atoms with E-state index in [0.717, 1.165) is 8.58 Å². The maximum Gasteiger partial charge on any atom is 0.00832 e. The van der Waals surface area contributed by atoms with Gasteiger partial charge in [0, 0.05) is 5.92 Å². The molecular formula is C11H20P2. The Labute approximate surface area is 86.2 Å². The van der Waals surface area contributed by atoms with Crippen molar-refractivity contribution in [2.24, 2.45) is 5.92 Å². The van der Waals surface area contributed by atoms with Gasteiger partial charge in [-0.05, 0) is 16.1 Å². The van der Waals surface area contributed by atoms with Crippen LogP contribution < -0.4 is 0 Å². The summed E-state index contributed by atoms with van der Waals surface area (Å²) >= 11 is 0. The number of hydrogen-bond donors (Lipinski definition) is 0. The van der Waals surface area contributed by atoms with E-state index in [9.17, 15) is 0 Å². The van der Waals surface area contributed by atoms with Crippen molar-refractivity contribution in [3.05, 3.63) is 23.5 Å². The summed E-state index contributed by atoms with van der Waals surface area (Å²) in [5.41, 5.74) is 0.667. The quantitative estimate of drug-likeness (QED) is 0.613. The van der Waals surface area contributed by atoms with E-state index >= 15 is 0 Å². The fraction of sp³-hybridized carbons (Fsp3) is 0.636. The van der Waals surface area contributed by atoms with Crippen LogP contribution in [0.5, 0.6) is 0 Å². The monoisotopic (exact) mass is 214 g/mol. The van der Waals surface area contributed by atoms with Crippen molar-refractivity contribution >= 4 is 17.8 Å². The van der Waals surface area contributed by atoms with Crippen LogP contribution >= 0.6 is 17.8 Å². The molecule has 0 aromatic heterocycles. The third-order valence-corrected chi connectivity index (χ3v) is 3.99. The molecule has 0 spiro atoms. The van der Waals surface area contributed by atoms with Gasteiger partial charge in [0.15, 0.2) is 0 Å². The first kappa shape index (κ1) is 11.4. The highest BCUT2D eigenvalue weighted by Crippen LogP contribution is 2.46. The lowest BCUT2D eigenvalue weighted by atomic mass is 10.1. The van der Waals surface area contributed by atoms with Gasteiger partial charge in [-0.3, -0.25) is 0 Å². The molecule has 0 aromatic rings. The van der Waals surface area contributed by atoms with E-state index in [1.807, 2.05) is 0 Å². The Morgan fingerprint density at radius 2 is 2.08 bits per heavy atom. The summed E-state index contributed by atoms with van der Waals surface area (Å²) in [7, 11) is 3.86. The van der Waals surface area contributed by atoms with E-state index in [1.165, 1.54) is 0 Å². The van der Waals surface area contributed by atoms with Gasteiger partial charge in [-0.2, -0.15) is 0 Å². The topological polar surface area (TPSA) is 0 Å². The summed E-state index contributed by atoms with van der Waals surface area (Å²) in [5, 5.41) is 2.06. The maximum absolute atomic E-state index is 2.91. The Balaban J connectivity index is 2.62. The lowest BCUT2D eigenvalue weighted by molar-refractivity contribution is 0.766. The molecule has 2 heteroatoms. The zero-order valence-corrected chi connectivity index (χ0v) is 11.1. The zero-order valence-electron chi connectivity index (χ0n) is 8.96. The molecule has 4 atom stereocenters. The van der Waals surface area contributed by atoms with Gasteiger partial charge in [-0.15, -0.1) is 9.24 Å². The highest BCUT2D eigenvalue weighted by atomic mass is 31.1. The van der Waals surface area contributed by atoms with E-state index in [4.69, 9.17) is 0 Å². The minimum absolute atomic E-state index is 0.440. The molecule has 0 saturated carbocycles. The van der Waals surface area contributed by atoms with Gasteiger partial charge in [-0.25, -0.2) is 0 Å². The SMILES string of the molecule is CC(P)[C@@H]1C=CC=C1PC(C)(C)C. The minimum atomic E-state index is 0.440. The standard InChI is InChI=1S/C11H20P2/c1-8(12)9-6-5-7-10(9)13-11(2,3)4/h5-9,13H,12H2,1-4H3/t8?,9-/m0/s1. The average Bonchev–Trinajstić information content (AvgIpc) is 2.31. The summed E-state index contributed by atoms with van der Waals surface area (Å²) < 4.78 is 0. The van der Waals surface area contributed by atoms with Gasteiger partial charge < -0.3 is 0 Å². The van der Waals surface area contributed by atoms with E-state index in [0.29, 0.717) is 16.7 Å². The van der Waals surface area contributed by atoms with Crippen LogP contribution in [-0.2, 0) is 0 Å². The van der Waals surface area contributed by atoms with Gasteiger partial charge in [0.1, 0.15) is 0 Å². The molecule has 3 unspecified atom stereocenters.